The van der Waals surface area contributed by atoms with Gasteiger partial charge in [0.05, 0.1) is 11.9 Å². The van der Waals surface area contributed by atoms with Crippen LogP contribution in [0.2, 0.25) is 0 Å². The predicted octanol–water partition coefficient (Wildman–Crippen LogP) is 0.815. The topological polar surface area (TPSA) is 19.4 Å². The van der Waals surface area contributed by atoms with Crippen LogP contribution in [0.1, 0.15) is 5.69 Å². The number of pyridine rings is 1. The van der Waals surface area contributed by atoms with Crippen LogP contribution in [0, 0.1) is 12.3 Å². The molecule has 1 fully saturated rings. The SMILES string of the molecule is C#Cc1ccc(N2CCN(C)CC2)cn1. The second-order valence-corrected chi connectivity index (χ2v) is 3.84. The van der Waals surface area contributed by atoms with E-state index in [2.05, 4.69) is 27.8 Å². The van der Waals surface area contributed by atoms with E-state index in [1.54, 1.807) is 0 Å². The van der Waals surface area contributed by atoms with E-state index in [4.69, 9.17) is 6.42 Å². The Kier molecular flexibility index (Phi) is 2.89. The number of piperazine rings is 1. The second kappa shape index (κ2) is 4.33. The average Bonchev–Trinajstić information content (AvgIpc) is 2.30. The molecule has 1 aliphatic rings. The molecule has 0 aromatic carbocycles. The van der Waals surface area contributed by atoms with Crippen LogP contribution in [0.25, 0.3) is 0 Å². The molecule has 15 heavy (non-hydrogen) atoms. The first kappa shape index (κ1) is 10.0. The number of anilines is 1. The van der Waals surface area contributed by atoms with Gasteiger partial charge in [0.15, 0.2) is 0 Å². The van der Waals surface area contributed by atoms with Gasteiger partial charge < -0.3 is 9.80 Å². The third-order valence-electron chi connectivity index (χ3n) is 2.76. The van der Waals surface area contributed by atoms with Gasteiger partial charge in [-0.25, -0.2) is 4.98 Å². The van der Waals surface area contributed by atoms with Crippen molar-refractivity contribution in [2.24, 2.45) is 0 Å². The van der Waals surface area contributed by atoms with Crippen LogP contribution in [0.3, 0.4) is 0 Å². The molecule has 3 nitrogen and oxygen atoms in total. The van der Waals surface area contributed by atoms with Crippen molar-refractivity contribution in [3.63, 3.8) is 0 Å². The molecule has 2 rings (SSSR count). The summed E-state index contributed by atoms with van der Waals surface area (Å²) in [6.07, 6.45) is 7.13. The highest BCUT2D eigenvalue weighted by Gasteiger charge is 2.13. The molecule has 3 heteroatoms. The fraction of sp³-hybridized carbons (Fsp3) is 0.417. The van der Waals surface area contributed by atoms with Crippen molar-refractivity contribution < 1.29 is 0 Å². The van der Waals surface area contributed by atoms with E-state index in [0.717, 1.165) is 26.2 Å². The number of hydrogen-bond donors (Lipinski definition) is 0. The zero-order valence-corrected chi connectivity index (χ0v) is 8.98. The van der Waals surface area contributed by atoms with E-state index < -0.39 is 0 Å². The minimum Gasteiger partial charge on any atom is -0.368 e. The van der Waals surface area contributed by atoms with Gasteiger partial charge in [0.1, 0.15) is 5.69 Å². The number of aromatic nitrogens is 1. The molecule has 0 radical (unpaired) electrons. The van der Waals surface area contributed by atoms with Crippen molar-refractivity contribution in [3.05, 3.63) is 24.0 Å². The monoisotopic (exact) mass is 201 g/mol. The van der Waals surface area contributed by atoms with Gasteiger partial charge >= 0.3 is 0 Å². The van der Waals surface area contributed by atoms with Gasteiger partial charge in [-0.3, -0.25) is 0 Å². The summed E-state index contributed by atoms with van der Waals surface area (Å²) in [5.41, 5.74) is 1.87. The highest BCUT2D eigenvalue weighted by molar-refractivity contribution is 5.46. The molecular formula is C12H15N3. The quantitative estimate of drug-likeness (QED) is 0.627. The summed E-state index contributed by atoms with van der Waals surface area (Å²) in [4.78, 5) is 8.87. The summed E-state index contributed by atoms with van der Waals surface area (Å²) < 4.78 is 0. The Labute approximate surface area is 90.7 Å². The largest absolute Gasteiger partial charge is 0.368 e. The number of rotatable bonds is 1. The van der Waals surface area contributed by atoms with Crippen LogP contribution in [-0.4, -0.2) is 43.1 Å². The normalized spacial score (nSPS) is 17.5. The van der Waals surface area contributed by atoms with Gasteiger partial charge in [-0.05, 0) is 19.2 Å². The Morgan fingerprint density at radius 1 is 1.27 bits per heavy atom. The maximum atomic E-state index is 5.26. The lowest BCUT2D eigenvalue weighted by Gasteiger charge is -2.33. The zero-order valence-electron chi connectivity index (χ0n) is 8.98. The molecule has 0 atom stereocenters. The molecule has 0 unspecified atom stereocenters. The summed E-state index contributed by atoms with van der Waals surface area (Å²) in [7, 11) is 2.15. The average molecular weight is 201 g/mol. The van der Waals surface area contributed by atoms with E-state index in [-0.39, 0.29) is 0 Å². The molecule has 0 aliphatic carbocycles. The van der Waals surface area contributed by atoms with Gasteiger partial charge in [0.2, 0.25) is 0 Å². The highest BCUT2D eigenvalue weighted by Crippen LogP contribution is 2.14. The minimum atomic E-state index is 0.702. The lowest BCUT2D eigenvalue weighted by molar-refractivity contribution is 0.313. The number of terminal acetylenes is 1. The van der Waals surface area contributed by atoms with Crippen molar-refractivity contribution in [2.75, 3.05) is 38.1 Å². The fourth-order valence-corrected chi connectivity index (χ4v) is 1.72. The highest BCUT2D eigenvalue weighted by atomic mass is 15.2. The molecule has 0 saturated carbocycles. The van der Waals surface area contributed by atoms with Crippen molar-refractivity contribution >= 4 is 5.69 Å². The Morgan fingerprint density at radius 2 is 2.00 bits per heavy atom. The number of nitrogens with zero attached hydrogens (tertiary/aromatic N) is 3. The van der Waals surface area contributed by atoms with Crippen molar-refractivity contribution in [1.29, 1.82) is 0 Å². The molecule has 1 aromatic heterocycles. The Morgan fingerprint density at radius 3 is 2.53 bits per heavy atom. The van der Waals surface area contributed by atoms with Gasteiger partial charge in [0.25, 0.3) is 0 Å². The van der Waals surface area contributed by atoms with Crippen molar-refractivity contribution in [3.8, 4) is 12.3 Å². The molecule has 0 amide bonds. The van der Waals surface area contributed by atoms with Crippen LogP contribution in [-0.2, 0) is 0 Å². The Bertz CT molecular complexity index is 355. The Balaban J connectivity index is 2.07. The summed E-state index contributed by atoms with van der Waals surface area (Å²) in [6.45, 7) is 4.34. The number of likely N-dealkylation sites (N-methyl/N-ethyl adjacent to an activating group) is 1. The van der Waals surface area contributed by atoms with Gasteiger partial charge in [-0.2, -0.15) is 0 Å². The molecular weight excluding hydrogens is 186 g/mol. The van der Waals surface area contributed by atoms with E-state index >= 15 is 0 Å². The predicted molar refractivity (Wildman–Crippen MR) is 61.9 cm³/mol. The van der Waals surface area contributed by atoms with Crippen molar-refractivity contribution in [1.82, 2.24) is 9.88 Å². The molecule has 0 N–H and O–H groups in total. The van der Waals surface area contributed by atoms with Crippen molar-refractivity contribution in [2.45, 2.75) is 0 Å². The number of hydrogen-bond acceptors (Lipinski definition) is 3. The minimum absolute atomic E-state index is 0.702. The van der Waals surface area contributed by atoms with Crippen LogP contribution in [0.15, 0.2) is 18.3 Å². The van der Waals surface area contributed by atoms with Crippen LogP contribution < -0.4 is 4.90 Å². The summed E-state index contributed by atoms with van der Waals surface area (Å²) in [6, 6.07) is 3.95. The molecule has 0 spiro atoms. The first-order valence-electron chi connectivity index (χ1n) is 5.16. The van der Waals surface area contributed by atoms with E-state index in [1.807, 2.05) is 18.3 Å². The maximum absolute atomic E-state index is 5.26. The van der Waals surface area contributed by atoms with E-state index in [9.17, 15) is 0 Å². The van der Waals surface area contributed by atoms with Crippen LogP contribution in [0.5, 0.6) is 0 Å². The summed E-state index contributed by atoms with van der Waals surface area (Å²) in [5, 5.41) is 0. The van der Waals surface area contributed by atoms with E-state index in [1.165, 1.54) is 5.69 Å². The van der Waals surface area contributed by atoms with Crippen LogP contribution in [0.4, 0.5) is 5.69 Å². The summed E-state index contributed by atoms with van der Waals surface area (Å²) >= 11 is 0. The third-order valence-corrected chi connectivity index (χ3v) is 2.76. The van der Waals surface area contributed by atoms with Crippen LogP contribution >= 0.6 is 0 Å². The zero-order chi connectivity index (χ0) is 10.7. The lowest BCUT2D eigenvalue weighted by Crippen LogP contribution is -2.44. The molecule has 1 saturated heterocycles. The molecule has 1 aromatic rings. The van der Waals surface area contributed by atoms with Gasteiger partial charge in [-0.15, -0.1) is 6.42 Å². The molecule has 1 aliphatic heterocycles. The molecule has 0 bridgehead atoms. The second-order valence-electron chi connectivity index (χ2n) is 3.84. The first-order chi connectivity index (χ1) is 7.29. The third kappa shape index (κ3) is 2.28. The smallest absolute Gasteiger partial charge is 0.113 e. The molecule has 78 valence electrons. The Hall–Kier alpha value is -1.53. The summed E-state index contributed by atoms with van der Waals surface area (Å²) in [5.74, 6) is 2.53. The lowest BCUT2D eigenvalue weighted by atomic mass is 10.2. The fourth-order valence-electron chi connectivity index (χ4n) is 1.72. The maximum Gasteiger partial charge on any atom is 0.113 e. The standard InChI is InChI=1S/C12H15N3/c1-3-11-4-5-12(10-13-11)15-8-6-14(2)7-9-15/h1,4-5,10H,6-9H2,2H3. The first-order valence-corrected chi connectivity index (χ1v) is 5.16. The van der Waals surface area contributed by atoms with E-state index in [0.29, 0.717) is 5.69 Å². The molecule has 2 heterocycles. The van der Waals surface area contributed by atoms with Gasteiger partial charge in [0, 0.05) is 26.2 Å². The van der Waals surface area contributed by atoms with Gasteiger partial charge in [-0.1, -0.05) is 5.92 Å².